The molecular weight excluding hydrogens is 240 g/mol. The highest BCUT2D eigenvalue weighted by molar-refractivity contribution is 6.31. The molecule has 0 unspecified atom stereocenters. The molecule has 0 aliphatic rings. The van der Waals surface area contributed by atoms with Crippen LogP contribution in [0.15, 0.2) is 40.1 Å². The lowest BCUT2D eigenvalue weighted by Crippen LogP contribution is -2.29. The molecule has 0 spiro atoms. The van der Waals surface area contributed by atoms with Gasteiger partial charge in [-0.15, -0.1) is 0 Å². The lowest BCUT2D eigenvalue weighted by Gasteiger charge is -2.03. The summed E-state index contributed by atoms with van der Waals surface area (Å²) in [5.74, 6) is 0. The van der Waals surface area contributed by atoms with Gasteiger partial charge in [0.25, 0.3) is 0 Å². The van der Waals surface area contributed by atoms with Gasteiger partial charge in [-0.2, -0.15) is 0 Å². The van der Waals surface area contributed by atoms with Crippen LogP contribution in [0.25, 0.3) is 0 Å². The first-order chi connectivity index (χ1) is 8.16. The molecule has 1 aromatic heterocycles. The van der Waals surface area contributed by atoms with Crippen molar-refractivity contribution in [3.8, 4) is 0 Å². The topological polar surface area (TPSA) is 65.7 Å². The van der Waals surface area contributed by atoms with Gasteiger partial charge < -0.3 is 9.97 Å². The maximum atomic E-state index is 11.1. The van der Waals surface area contributed by atoms with E-state index < -0.39 is 11.1 Å². The van der Waals surface area contributed by atoms with Crippen molar-refractivity contribution in [3.05, 3.63) is 67.4 Å². The zero-order valence-corrected chi connectivity index (χ0v) is 9.75. The molecule has 0 saturated heterocycles. The van der Waals surface area contributed by atoms with Crippen LogP contribution in [0.1, 0.15) is 11.3 Å². The zero-order valence-electron chi connectivity index (χ0n) is 9.00. The average Bonchev–Trinajstić information content (AvgIpc) is 2.32. The van der Waals surface area contributed by atoms with Crippen LogP contribution in [0, 0.1) is 0 Å². The highest BCUT2D eigenvalue weighted by Gasteiger charge is 2.01. The predicted octanol–water partition coefficient (Wildman–Crippen LogP) is 1.50. The van der Waals surface area contributed by atoms with E-state index in [9.17, 15) is 9.59 Å². The molecule has 0 fully saturated rings. The monoisotopic (exact) mass is 250 g/mol. The number of benzene rings is 1. The largest absolute Gasteiger partial charge is 0.323 e. The van der Waals surface area contributed by atoms with Crippen LogP contribution in [0.3, 0.4) is 0 Å². The van der Waals surface area contributed by atoms with Gasteiger partial charge in [0.2, 0.25) is 0 Å². The van der Waals surface area contributed by atoms with Crippen LogP contribution in [0.4, 0.5) is 0 Å². The van der Waals surface area contributed by atoms with E-state index >= 15 is 0 Å². The molecule has 0 atom stereocenters. The smallest absolute Gasteiger partial charge is 0.313 e. The van der Waals surface area contributed by atoms with Crippen LogP contribution in [-0.4, -0.2) is 9.97 Å². The normalized spacial score (nSPS) is 10.4. The zero-order chi connectivity index (χ0) is 12.3. The first-order valence-electron chi connectivity index (χ1n) is 5.21. The number of rotatable bonds is 3. The van der Waals surface area contributed by atoms with E-state index in [-0.39, 0.29) is 0 Å². The first kappa shape index (κ1) is 11.7. The van der Waals surface area contributed by atoms with E-state index in [1.54, 1.807) is 0 Å². The molecule has 0 aliphatic heterocycles. The summed E-state index contributed by atoms with van der Waals surface area (Å²) in [5, 5.41) is 0.708. The summed E-state index contributed by atoms with van der Waals surface area (Å²) in [7, 11) is 0. The Hall–Kier alpha value is -1.81. The average molecular weight is 251 g/mol. The van der Waals surface area contributed by atoms with Gasteiger partial charge in [0.1, 0.15) is 0 Å². The first-order valence-corrected chi connectivity index (χ1v) is 5.59. The molecule has 0 amide bonds. The quantitative estimate of drug-likeness (QED) is 0.811. The van der Waals surface area contributed by atoms with Crippen molar-refractivity contribution in [1.82, 2.24) is 9.97 Å². The Labute approximate surface area is 102 Å². The van der Waals surface area contributed by atoms with E-state index in [1.807, 2.05) is 24.3 Å². The Morgan fingerprint density at radius 3 is 2.53 bits per heavy atom. The third-order valence-electron chi connectivity index (χ3n) is 2.48. The van der Waals surface area contributed by atoms with Crippen molar-refractivity contribution >= 4 is 11.6 Å². The Bertz CT molecular complexity index is 631. The number of aryl methyl sites for hydroxylation is 2. The van der Waals surface area contributed by atoms with Gasteiger partial charge in [0, 0.05) is 16.9 Å². The van der Waals surface area contributed by atoms with Gasteiger partial charge in [-0.05, 0) is 24.5 Å². The van der Waals surface area contributed by atoms with Crippen molar-refractivity contribution < 1.29 is 0 Å². The predicted molar refractivity (Wildman–Crippen MR) is 66.5 cm³/mol. The summed E-state index contributed by atoms with van der Waals surface area (Å²) < 4.78 is 0. The second-order valence-electron chi connectivity index (χ2n) is 3.69. The Morgan fingerprint density at radius 1 is 1.06 bits per heavy atom. The molecule has 2 rings (SSSR count). The molecule has 88 valence electrons. The number of aromatic nitrogens is 2. The van der Waals surface area contributed by atoms with Gasteiger partial charge in [-0.25, -0.2) is 0 Å². The molecule has 4 nitrogen and oxygen atoms in total. The molecule has 0 saturated carbocycles. The Kier molecular flexibility index (Phi) is 3.44. The maximum absolute atomic E-state index is 11.1. The molecule has 1 aromatic carbocycles. The van der Waals surface area contributed by atoms with Gasteiger partial charge in [-0.3, -0.25) is 9.59 Å². The standard InChI is InChI=1S/C12H11ClN2O2/c13-10-4-2-1-3-8(10)5-6-9-7-14-11(16)12(17)15-9/h1-4,7H,5-6H2,(H,14,16)(H,15,17). The summed E-state index contributed by atoms with van der Waals surface area (Å²) in [4.78, 5) is 26.9. The van der Waals surface area contributed by atoms with Crippen molar-refractivity contribution in [2.24, 2.45) is 0 Å². The second-order valence-corrected chi connectivity index (χ2v) is 4.10. The maximum Gasteiger partial charge on any atom is 0.313 e. The molecule has 0 radical (unpaired) electrons. The highest BCUT2D eigenvalue weighted by Crippen LogP contribution is 2.16. The fourth-order valence-electron chi connectivity index (χ4n) is 1.56. The second kappa shape index (κ2) is 5.01. The van der Waals surface area contributed by atoms with Crippen molar-refractivity contribution in [2.45, 2.75) is 12.8 Å². The van der Waals surface area contributed by atoms with E-state index in [0.717, 1.165) is 5.56 Å². The fraction of sp³-hybridized carbons (Fsp3) is 0.167. The third-order valence-corrected chi connectivity index (χ3v) is 2.85. The molecule has 2 aromatic rings. The number of aromatic amines is 2. The number of H-pyrrole nitrogens is 2. The van der Waals surface area contributed by atoms with Gasteiger partial charge in [-0.1, -0.05) is 29.8 Å². The highest BCUT2D eigenvalue weighted by atomic mass is 35.5. The number of nitrogens with one attached hydrogen (secondary N) is 2. The SMILES string of the molecule is O=c1[nH]cc(CCc2ccccc2Cl)[nH]c1=O. The summed E-state index contributed by atoms with van der Waals surface area (Å²) in [6.45, 7) is 0. The van der Waals surface area contributed by atoms with Crippen molar-refractivity contribution in [1.29, 1.82) is 0 Å². The molecule has 17 heavy (non-hydrogen) atoms. The van der Waals surface area contributed by atoms with Crippen molar-refractivity contribution in [3.63, 3.8) is 0 Å². The summed E-state index contributed by atoms with van der Waals surface area (Å²) in [5.41, 5.74) is 0.448. The lowest BCUT2D eigenvalue weighted by atomic mass is 10.1. The van der Waals surface area contributed by atoms with Crippen LogP contribution >= 0.6 is 11.6 Å². The summed E-state index contributed by atoms with van der Waals surface area (Å²) in [6.07, 6.45) is 2.85. The summed E-state index contributed by atoms with van der Waals surface area (Å²) >= 11 is 6.02. The van der Waals surface area contributed by atoms with E-state index in [1.165, 1.54) is 6.20 Å². The van der Waals surface area contributed by atoms with Crippen LogP contribution < -0.4 is 11.1 Å². The van der Waals surface area contributed by atoms with Crippen molar-refractivity contribution in [2.75, 3.05) is 0 Å². The minimum Gasteiger partial charge on any atom is -0.323 e. The molecular formula is C12H11ClN2O2. The molecule has 1 heterocycles. The van der Waals surface area contributed by atoms with E-state index in [4.69, 9.17) is 11.6 Å². The number of hydrogen-bond acceptors (Lipinski definition) is 2. The third kappa shape index (κ3) is 2.85. The Morgan fingerprint density at radius 2 is 1.82 bits per heavy atom. The van der Waals surface area contributed by atoms with Crippen LogP contribution in [0.2, 0.25) is 5.02 Å². The summed E-state index contributed by atoms with van der Waals surface area (Å²) in [6, 6.07) is 7.54. The van der Waals surface area contributed by atoms with Gasteiger partial charge in [0.05, 0.1) is 0 Å². The number of halogens is 1. The molecule has 0 bridgehead atoms. The van der Waals surface area contributed by atoms with E-state index in [2.05, 4.69) is 9.97 Å². The molecule has 2 N–H and O–H groups in total. The minimum absolute atomic E-state index is 0.621. The molecule has 0 aliphatic carbocycles. The lowest BCUT2D eigenvalue weighted by molar-refractivity contribution is 0.876. The minimum atomic E-state index is -0.633. The van der Waals surface area contributed by atoms with Crippen LogP contribution in [0.5, 0.6) is 0 Å². The van der Waals surface area contributed by atoms with Gasteiger partial charge in [0.15, 0.2) is 0 Å². The van der Waals surface area contributed by atoms with Crippen LogP contribution in [-0.2, 0) is 12.8 Å². The van der Waals surface area contributed by atoms with E-state index in [0.29, 0.717) is 23.6 Å². The molecule has 5 heteroatoms. The Balaban J connectivity index is 2.13. The fourth-order valence-corrected chi connectivity index (χ4v) is 1.79. The van der Waals surface area contributed by atoms with Gasteiger partial charge >= 0.3 is 11.1 Å². The number of hydrogen-bond donors (Lipinski definition) is 2.